The average Bonchev–Trinajstić information content (AvgIpc) is 2.68. The van der Waals surface area contributed by atoms with Crippen molar-refractivity contribution in [3.05, 3.63) is 34.9 Å². The summed E-state index contributed by atoms with van der Waals surface area (Å²) < 4.78 is 0. The lowest BCUT2D eigenvalue weighted by molar-refractivity contribution is -0.142. The first-order chi connectivity index (χ1) is 12.6. The predicted molar refractivity (Wildman–Crippen MR) is 99.9 cm³/mol. The molecule has 2 heterocycles. The van der Waals surface area contributed by atoms with Gasteiger partial charge in [0, 0.05) is 49.9 Å². The summed E-state index contributed by atoms with van der Waals surface area (Å²) >= 11 is 6.08. The van der Waals surface area contributed by atoms with Crippen LogP contribution in [0.15, 0.2) is 24.3 Å². The maximum absolute atomic E-state index is 12.6. The number of nitrogens with zero attached hydrogens (tertiary/aromatic N) is 3. The fraction of sp³-hybridized carbons (Fsp3) is 0.579. The van der Waals surface area contributed by atoms with E-state index in [2.05, 4.69) is 4.90 Å². The molecule has 6 nitrogen and oxygen atoms in total. The molecule has 0 unspecified atom stereocenters. The molecule has 26 heavy (non-hydrogen) atoms. The van der Waals surface area contributed by atoms with Crippen LogP contribution in [0.2, 0.25) is 5.02 Å². The van der Waals surface area contributed by atoms with Gasteiger partial charge >= 0.3 is 0 Å². The van der Waals surface area contributed by atoms with E-state index in [1.807, 2.05) is 4.90 Å². The van der Waals surface area contributed by atoms with Gasteiger partial charge in [0.1, 0.15) is 0 Å². The molecular formula is C19H26ClN3O3. The Labute approximate surface area is 159 Å². The Kier molecular flexibility index (Phi) is 6.51. The minimum atomic E-state index is -1.25. The summed E-state index contributed by atoms with van der Waals surface area (Å²) in [5.74, 6) is -0.152. The number of benzene rings is 1. The molecule has 2 aliphatic heterocycles. The fourth-order valence-corrected chi connectivity index (χ4v) is 3.80. The highest BCUT2D eigenvalue weighted by Gasteiger charge is 2.29. The van der Waals surface area contributed by atoms with Gasteiger partial charge in [-0.05, 0) is 25.3 Å². The van der Waals surface area contributed by atoms with Crippen molar-refractivity contribution in [2.45, 2.75) is 25.4 Å². The van der Waals surface area contributed by atoms with Crippen molar-refractivity contribution in [1.29, 1.82) is 0 Å². The highest BCUT2D eigenvalue weighted by atomic mass is 35.5. The van der Waals surface area contributed by atoms with Gasteiger partial charge in [-0.25, -0.2) is 0 Å². The zero-order valence-electron chi connectivity index (χ0n) is 14.9. The maximum atomic E-state index is 12.6. The van der Waals surface area contributed by atoms with E-state index in [4.69, 9.17) is 11.6 Å². The zero-order chi connectivity index (χ0) is 18.5. The van der Waals surface area contributed by atoms with Crippen LogP contribution in [0.1, 0.15) is 30.9 Å². The van der Waals surface area contributed by atoms with Crippen LogP contribution in [-0.4, -0.2) is 77.4 Å². The predicted octanol–water partition coefficient (Wildman–Crippen LogP) is 1.53. The second-order valence-corrected chi connectivity index (χ2v) is 7.37. The molecule has 0 spiro atoms. The average molecular weight is 380 g/mol. The van der Waals surface area contributed by atoms with Gasteiger partial charge in [-0.1, -0.05) is 29.8 Å². The van der Waals surface area contributed by atoms with Gasteiger partial charge in [-0.15, -0.1) is 0 Å². The number of likely N-dealkylation sites (tertiary alicyclic amines) is 1. The van der Waals surface area contributed by atoms with Crippen molar-refractivity contribution in [3.63, 3.8) is 0 Å². The van der Waals surface area contributed by atoms with E-state index in [1.165, 1.54) is 6.42 Å². The summed E-state index contributed by atoms with van der Waals surface area (Å²) in [6.45, 7) is 4.43. The minimum Gasteiger partial charge on any atom is -0.378 e. The van der Waals surface area contributed by atoms with E-state index < -0.39 is 6.10 Å². The van der Waals surface area contributed by atoms with Crippen molar-refractivity contribution in [2.75, 3.05) is 45.8 Å². The Morgan fingerprint density at radius 3 is 2.27 bits per heavy atom. The third kappa shape index (κ3) is 4.55. The van der Waals surface area contributed by atoms with Crippen LogP contribution in [0.25, 0.3) is 0 Å². The van der Waals surface area contributed by atoms with Crippen molar-refractivity contribution in [3.8, 4) is 0 Å². The lowest BCUT2D eigenvalue weighted by Gasteiger charge is -2.36. The van der Waals surface area contributed by atoms with E-state index in [0.29, 0.717) is 43.3 Å². The van der Waals surface area contributed by atoms with Gasteiger partial charge in [0.2, 0.25) is 5.91 Å². The third-order valence-corrected chi connectivity index (χ3v) is 5.53. The molecule has 2 saturated heterocycles. The van der Waals surface area contributed by atoms with Crippen molar-refractivity contribution >= 4 is 23.4 Å². The molecule has 0 aromatic heterocycles. The lowest BCUT2D eigenvalue weighted by Crippen LogP contribution is -2.52. The number of piperazine rings is 1. The highest BCUT2D eigenvalue weighted by Crippen LogP contribution is 2.24. The number of halogens is 1. The SMILES string of the molecule is O=C(CN1CCN(C(=O)[C@H](O)c2ccccc2Cl)CC1)N1CCCCC1. The summed E-state index contributed by atoms with van der Waals surface area (Å²) in [4.78, 5) is 30.6. The van der Waals surface area contributed by atoms with E-state index in [0.717, 1.165) is 25.9 Å². The van der Waals surface area contributed by atoms with Crippen LogP contribution >= 0.6 is 11.6 Å². The Bertz CT molecular complexity index is 641. The molecule has 3 rings (SSSR count). The number of hydrogen-bond acceptors (Lipinski definition) is 4. The first-order valence-electron chi connectivity index (χ1n) is 9.27. The molecule has 2 aliphatic rings. The molecule has 0 aliphatic carbocycles. The largest absolute Gasteiger partial charge is 0.378 e. The topological polar surface area (TPSA) is 64.1 Å². The summed E-state index contributed by atoms with van der Waals surface area (Å²) in [7, 11) is 0. The number of carbonyl (C=O) groups excluding carboxylic acids is 2. The van der Waals surface area contributed by atoms with Crippen LogP contribution < -0.4 is 0 Å². The molecule has 0 bridgehead atoms. The summed E-state index contributed by atoms with van der Waals surface area (Å²) in [5, 5.41) is 10.7. The Morgan fingerprint density at radius 1 is 0.962 bits per heavy atom. The minimum absolute atomic E-state index is 0.181. The first-order valence-corrected chi connectivity index (χ1v) is 9.65. The van der Waals surface area contributed by atoms with Crippen LogP contribution in [-0.2, 0) is 9.59 Å². The van der Waals surface area contributed by atoms with Crippen LogP contribution in [0.3, 0.4) is 0 Å². The van der Waals surface area contributed by atoms with Gasteiger partial charge in [0.25, 0.3) is 5.91 Å². The van der Waals surface area contributed by atoms with Crippen molar-refractivity contribution in [1.82, 2.24) is 14.7 Å². The maximum Gasteiger partial charge on any atom is 0.256 e. The van der Waals surface area contributed by atoms with E-state index >= 15 is 0 Å². The highest BCUT2D eigenvalue weighted by molar-refractivity contribution is 6.31. The molecule has 1 aromatic carbocycles. The summed E-state index contributed by atoms with van der Waals surface area (Å²) in [5.41, 5.74) is 0.432. The summed E-state index contributed by atoms with van der Waals surface area (Å²) in [6.07, 6.45) is 2.14. The second kappa shape index (κ2) is 8.84. The van der Waals surface area contributed by atoms with Gasteiger partial charge < -0.3 is 14.9 Å². The van der Waals surface area contributed by atoms with E-state index in [9.17, 15) is 14.7 Å². The van der Waals surface area contributed by atoms with E-state index in [1.54, 1.807) is 29.2 Å². The number of hydrogen-bond donors (Lipinski definition) is 1. The molecular weight excluding hydrogens is 354 g/mol. The Hall–Kier alpha value is -1.63. The van der Waals surface area contributed by atoms with Crippen molar-refractivity contribution < 1.29 is 14.7 Å². The monoisotopic (exact) mass is 379 g/mol. The van der Waals surface area contributed by atoms with Crippen LogP contribution in [0, 0.1) is 0 Å². The number of amides is 2. The number of carbonyl (C=O) groups is 2. The quantitative estimate of drug-likeness (QED) is 0.861. The Balaban J connectivity index is 1.49. The molecule has 142 valence electrons. The second-order valence-electron chi connectivity index (χ2n) is 6.97. The van der Waals surface area contributed by atoms with E-state index in [-0.39, 0.29) is 11.8 Å². The molecule has 7 heteroatoms. The number of piperidine rings is 1. The van der Waals surface area contributed by atoms with Crippen LogP contribution in [0.4, 0.5) is 0 Å². The molecule has 1 aromatic rings. The third-order valence-electron chi connectivity index (χ3n) is 5.19. The molecule has 2 fully saturated rings. The van der Waals surface area contributed by atoms with Gasteiger partial charge in [0.05, 0.1) is 6.54 Å². The number of aliphatic hydroxyl groups is 1. The normalized spacial score (nSPS) is 20.1. The summed E-state index contributed by atoms with van der Waals surface area (Å²) in [6, 6.07) is 6.85. The van der Waals surface area contributed by atoms with Crippen LogP contribution in [0.5, 0.6) is 0 Å². The van der Waals surface area contributed by atoms with Crippen molar-refractivity contribution in [2.24, 2.45) is 0 Å². The molecule has 1 N–H and O–H groups in total. The van der Waals surface area contributed by atoms with Gasteiger partial charge in [-0.2, -0.15) is 0 Å². The fourth-order valence-electron chi connectivity index (χ4n) is 3.56. The lowest BCUT2D eigenvalue weighted by atomic mass is 10.1. The standard InChI is InChI=1S/C19H26ClN3O3/c20-16-7-3-2-6-15(16)18(25)19(26)23-12-10-21(11-13-23)14-17(24)22-8-4-1-5-9-22/h2-3,6-7,18,25H,1,4-5,8-14H2/t18-/m1/s1. The van der Waals surface area contributed by atoms with Gasteiger partial charge in [0.15, 0.2) is 6.10 Å². The van der Waals surface area contributed by atoms with Gasteiger partial charge in [-0.3, -0.25) is 14.5 Å². The molecule has 0 saturated carbocycles. The number of rotatable bonds is 4. The Morgan fingerprint density at radius 2 is 1.62 bits per heavy atom. The smallest absolute Gasteiger partial charge is 0.256 e. The zero-order valence-corrected chi connectivity index (χ0v) is 15.7. The molecule has 0 radical (unpaired) electrons. The number of aliphatic hydroxyl groups excluding tert-OH is 1. The first kappa shape index (κ1) is 19.1. The molecule has 2 amide bonds. The molecule has 1 atom stereocenters.